The largest absolute Gasteiger partial charge is 0.360 e. The number of hydrogen-bond acceptors (Lipinski definition) is 6. The Bertz CT molecular complexity index is 1060. The van der Waals surface area contributed by atoms with Crippen molar-refractivity contribution in [3.05, 3.63) is 80.3 Å². The van der Waals surface area contributed by atoms with Crippen LogP contribution in [0.25, 0.3) is 16.8 Å². The van der Waals surface area contributed by atoms with Gasteiger partial charge in [0.25, 0.3) is 5.69 Å². The Balaban J connectivity index is 1.84. The molecule has 1 heterocycles. The fourth-order valence-corrected chi connectivity index (χ4v) is 3.28. The Labute approximate surface area is 160 Å². The van der Waals surface area contributed by atoms with Crippen LogP contribution in [0.2, 0.25) is 0 Å². The Kier molecular flexibility index (Phi) is 5.29. The van der Waals surface area contributed by atoms with Gasteiger partial charge in [-0.05, 0) is 43.2 Å². The van der Waals surface area contributed by atoms with Crippen molar-refractivity contribution in [1.29, 1.82) is 5.26 Å². The molecule has 0 spiro atoms. The van der Waals surface area contributed by atoms with E-state index < -0.39 is 4.92 Å². The molecule has 0 radical (unpaired) electrons. The zero-order valence-corrected chi connectivity index (χ0v) is 15.6. The number of allylic oxidation sites excluding steroid dienone is 1. The summed E-state index contributed by atoms with van der Waals surface area (Å²) in [6.07, 6.45) is 1.65. The fourth-order valence-electron chi connectivity index (χ4n) is 2.48. The molecule has 0 saturated carbocycles. The zero-order valence-electron chi connectivity index (χ0n) is 14.8. The number of aryl methyl sites for hydroxylation is 1. The summed E-state index contributed by atoms with van der Waals surface area (Å²) in [4.78, 5) is 14.8. The zero-order chi connectivity index (χ0) is 19.4. The maximum absolute atomic E-state index is 10.8. The van der Waals surface area contributed by atoms with Crippen LogP contribution >= 0.6 is 11.3 Å². The number of rotatable bonds is 5. The van der Waals surface area contributed by atoms with E-state index in [-0.39, 0.29) is 5.69 Å². The predicted molar refractivity (Wildman–Crippen MR) is 107 cm³/mol. The summed E-state index contributed by atoms with van der Waals surface area (Å²) in [5.41, 5.74) is 5.13. The lowest BCUT2D eigenvalue weighted by atomic mass is 10.1. The van der Waals surface area contributed by atoms with Gasteiger partial charge in [-0.25, -0.2) is 4.98 Å². The molecule has 27 heavy (non-hydrogen) atoms. The summed E-state index contributed by atoms with van der Waals surface area (Å²) < 4.78 is 0. The number of nitriles is 1. The van der Waals surface area contributed by atoms with Crippen LogP contribution in [0, 0.1) is 35.3 Å². The summed E-state index contributed by atoms with van der Waals surface area (Å²) in [7, 11) is 0. The van der Waals surface area contributed by atoms with Crippen molar-refractivity contribution in [2.75, 3.05) is 5.32 Å². The van der Waals surface area contributed by atoms with Gasteiger partial charge in [0.05, 0.1) is 10.6 Å². The summed E-state index contributed by atoms with van der Waals surface area (Å²) in [5.74, 6) is 0. The molecule has 1 aromatic heterocycles. The minimum absolute atomic E-state index is 0.0320. The molecular formula is C20H16N4O2S. The van der Waals surface area contributed by atoms with Crippen molar-refractivity contribution < 1.29 is 4.92 Å². The lowest BCUT2D eigenvalue weighted by Gasteiger charge is -2.08. The van der Waals surface area contributed by atoms with Crippen molar-refractivity contribution in [3.63, 3.8) is 0 Å². The van der Waals surface area contributed by atoms with Gasteiger partial charge < -0.3 is 5.32 Å². The van der Waals surface area contributed by atoms with E-state index in [1.807, 2.05) is 37.4 Å². The highest BCUT2D eigenvalue weighted by Crippen LogP contribution is 2.27. The van der Waals surface area contributed by atoms with E-state index in [0.717, 1.165) is 16.8 Å². The quantitative estimate of drug-likeness (QED) is 0.370. The van der Waals surface area contributed by atoms with Gasteiger partial charge in [-0.15, -0.1) is 11.3 Å². The number of nitrogens with zero attached hydrogens (tertiary/aromatic N) is 3. The highest BCUT2D eigenvalue weighted by atomic mass is 32.1. The van der Waals surface area contributed by atoms with Crippen LogP contribution in [0.15, 0.2) is 54.0 Å². The maximum atomic E-state index is 10.8. The van der Waals surface area contributed by atoms with Gasteiger partial charge in [-0.3, -0.25) is 10.1 Å². The summed E-state index contributed by atoms with van der Waals surface area (Å²) in [6, 6.07) is 14.3. The number of nitro groups is 1. The van der Waals surface area contributed by atoms with Crippen LogP contribution in [-0.2, 0) is 0 Å². The molecule has 0 bridgehead atoms. The summed E-state index contributed by atoms with van der Waals surface area (Å²) >= 11 is 1.35. The number of aromatic nitrogens is 1. The molecule has 0 unspecified atom stereocenters. The average Bonchev–Trinajstić information content (AvgIpc) is 3.15. The second kappa shape index (κ2) is 7.81. The van der Waals surface area contributed by atoms with Gasteiger partial charge in [0.15, 0.2) is 0 Å². The molecule has 0 aliphatic carbocycles. The first-order chi connectivity index (χ1) is 13.0. The second-order valence-corrected chi connectivity index (χ2v) is 6.76. The standard InChI is InChI=1S/C20H16N4O2S/c1-13-4-3-5-18(14(13)2)22-11-16(10-21)20-23-19(12-27-20)15-6-8-17(9-7-15)24(25)26/h3-9,11-12,22H,1-2H3. The molecule has 3 rings (SSSR count). The van der Waals surface area contributed by atoms with E-state index in [1.165, 1.54) is 29.0 Å². The third-order valence-corrected chi connectivity index (χ3v) is 5.08. The SMILES string of the molecule is Cc1cccc(NC=C(C#N)c2nc(-c3ccc([N+](=O)[O-])cc3)cs2)c1C. The highest BCUT2D eigenvalue weighted by molar-refractivity contribution is 7.11. The van der Waals surface area contributed by atoms with E-state index in [0.29, 0.717) is 16.3 Å². The van der Waals surface area contributed by atoms with Gasteiger partial charge in [-0.1, -0.05) is 12.1 Å². The first kappa shape index (κ1) is 18.3. The smallest absolute Gasteiger partial charge is 0.269 e. The Morgan fingerprint density at radius 1 is 1.26 bits per heavy atom. The highest BCUT2D eigenvalue weighted by Gasteiger charge is 2.11. The number of non-ortho nitro benzene ring substituents is 1. The third kappa shape index (κ3) is 4.02. The van der Waals surface area contributed by atoms with Crippen LogP contribution < -0.4 is 5.32 Å². The van der Waals surface area contributed by atoms with Crippen LogP contribution in [0.5, 0.6) is 0 Å². The van der Waals surface area contributed by atoms with Gasteiger partial charge >= 0.3 is 0 Å². The molecule has 2 aromatic carbocycles. The Morgan fingerprint density at radius 2 is 2.00 bits per heavy atom. The molecule has 0 atom stereocenters. The minimum Gasteiger partial charge on any atom is -0.360 e. The molecule has 0 aliphatic rings. The lowest BCUT2D eigenvalue weighted by Crippen LogP contribution is -1.95. The topological polar surface area (TPSA) is 91.8 Å². The second-order valence-electron chi connectivity index (χ2n) is 5.90. The van der Waals surface area contributed by atoms with Gasteiger partial charge in [0.2, 0.25) is 0 Å². The number of hydrogen-bond donors (Lipinski definition) is 1. The van der Waals surface area contributed by atoms with Crippen LogP contribution in [0.1, 0.15) is 16.1 Å². The van der Waals surface area contributed by atoms with E-state index in [2.05, 4.69) is 16.4 Å². The molecule has 0 amide bonds. The number of anilines is 1. The predicted octanol–water partition coefficient (Wildman–Crippen LogP) is 5.31. The monoisotopic (exact) mass is 376 g/mol. The molecule has 0 aliphatic heterocycles. The molecule has 1 N–H and O–H groups in total. The van der Waals surface area contributed by atoms with E-state index in [1.54, 1.807) is 18.3 Å². The Morgan fingerprint density at radius 3 is 2.67 bits per heavy atom. The first-order valence-corrected chi connectivity index (χ1v) is 9.01. The summed E-state index contributed by atoms with van der Waals surface area (Å²) in [5, 5.41) is 25.8. The minimum atomic E-state index is -0.439. The van der Waals surface area contributed by atoms with Crippen molar-refractivity contribution >= 4 is 28.3 Å². The molecule has 0 saturated heterocycles. The van der Waals surface area contributed by atoms with Crippen molar-refractivity contribution in [2.24, 2.45) is 0 Å². The van der Waals surface area contributed by atoms with Gasteiger partial charge in [0, 0.05) is 35.0 Å². The van der Waals surface area contributed by atoms with Crippen molar-refractivity contribution in [1.82, 2.24) is 4.98 Å². The molecule has 134 valence electrons. The van der Waals surface area contributed by atoms with Crippen molar-refractivity contribution in [3.8, 4) is 17.3 Å². The number of thiazole rings is 1. The Hall–Kier alpha value is -3.50. The third-order valence-electron chi connectivity index (χ3n) is 4.21. The number of nitrogens with one attached hydrogen (secondary N) is 1. The number of nitro benzene ring substituents is 1. The summed E-state index contributed by atoms with van der Waals surface area (Å²) in [6.45, 7) is 4.06. The lowest BCUT2D eigenvalue weighted by molar-refractivity contribution is -0.384. The first-order valence-electron chi connectivity index (χ1n) is 8.13. The molecule has 0 fully saturated rings. The van der Waals surface area contributed by atoms with Gasteiger partial charge in [0.1, 0.15) is 16.6 Å². The van der Waals surface area contributed by atoms with Gasteiger partial charge in [-0.2, -0.15) is 5.26 Å². The average molecular weight is 376 g/mol. The van der Waals surface area contributed by atoms with E-state index in [9.17, 15) is 15.4 Å². The molecule has 6 nitrogen and oxygen atoms in total. The molecule has 7 heteroatoms. The molecule has 3 aromatic rings. The maximum Gasteiger partial charge on any atom is 0.269 e. The van der Waals surface area contributed by atoms with E-state index >= 15 is 0 Å². The number of benzene rings is 2. The normalized spacial score (nSPS) is 11.1. The fraction of sp³-hybridized carbons (Fsp3) is 0.100. The van der Waals surface area contributed by atoms with E-state index in [4.69, 9.17) is 0 Å². The van der Waals surface area contributed by atoms with Crippen LogP contribution in [0.4, 0.5) is 11.4 Å². The van der Waals surface area contributed by atoms with Crippen LogP contribution in [-0.4, -0.2) is 9.91 Å². The van der Waals surface area contributed by atoms with Crippen LogP contribution in [0.3, 0.4) is 0 Å². The van der Waals surface area contributed by atoms with Crippen molar-refractivity contribution in [2.45, 2.75) is 13.8 Å². The molecular weight excluding hydrogens is 360 g/mol.